The minimum Gasteiger partial charge on any atom is -0.338 e. The number of nitrogens with zero attached hydrogens (tertiary/aromatic N) is 3. The summed E-state index contributed by atoms with van der Waals surface area (Å²) in [6.07, 6.45) is 1.30. The highest BCUT2D eigenvalue weighted by molar-refractivity contribution is 7.10. The number of carbonyl (C=O) groups is 2. The van der Waals surface area contributed by atoms with E-state index >= 15 is 0 Å². The van der Waals surface area contributed by atoms with Crippen molar-refractivity contribution in [1.82, 2.24) is 14.7 Å². The van der Waals surface area contributed by atoms with Crippen LogP contribution in [0.15, 0.2) is 17.5 Å². The smallest absolute Gasteiger partial charge is 0.226 e. The quantitative estimate of drug-likeness (QED) is 0.808. The molecule has 0 radical (unpaired) electrons. The molecular formula is C22H32N4O2S. The zero-order valence-corrected chi connectivity index (χ0v) is 19.2. The number of anilines is 1. The first kappa shape index (κ1) is 21.6. The zero-order chi connectivity index (χ0) is 21.4. The summed E-state index contributed by atoms with van der Waals surface area (Å²) in [5.74, 6) is 0.565. The van der Waals surface area contributed by atoms with E-state index in [4.69, 9.17) is 5.10 Å². The number of thiophene rings is 1. The minimum atomic E-state index is -0.256. The number of carbonyl (C=O) groups excluding carboxylic acids is 2. The van der Waals surface area contributed by atoms with Crippen LogP contribution in [0.1, 0.15) is 70.5 Å². The van der Waals surface area contributed by atoms with Crippen LogP contribution in [0.5, 0.6) is 0 Å². The van der Waals surface area contributed by atoms with Crippen LogP contribution in [0.2, 0.25) is 0 Å². The van der Waals surface area contributed by atoms with Crippen molar-refractivity contribution in [3.8, 4) is 0 Å². The highest BCUT2D eigenvalue weighted by Crippen LogP contribution is 2.28. The first-order valence-electron chi connectivity index (χ1n) is 10.2. The molecule has 2 aromatic heterocycles. The van der Waals surface area contributed by atoms with Gasteiger partial charge in [-0.05, 0) is 44.2 Å². The van der Waals surface area contributed by atoms with Crippen molar-refractivity contribution in [2.75, 3.05) is 11.9 Å². The summed E-state index contributed by atoms with van der Waals surface area (Å²) in [4.78, 5) is 28.4. The summed E-state index contributed by atoms with van der Waals surface area (Å²) in [6.45, 7) is 13.9. The number of hydrogen-bond donors (Lipinski definition) is 1. The molecule has 0 bridgehead atoms. The standard InChI is InChI=1S/C22H32N4O2S/c1-21(2,3)17-13-18(26(24-17)22(4,5)6)23-19(27)7-8-20(28)25-11-9-16-15(14-25)10-12-29-16/h10,12-13H,7-9,11,14H2,1-6H3,(H,23,27). The van der Waals surface area contributed by atoms with Crippen LogP contribution in [0.25, 0.3) is 0 Å². The minimum absolute atomic E-state index is 0.0386. The lowest BCUT2D eigenvalue weighted by atomic mass is 9.92. The molecule has 3 rings (SSSR count). The predicted molar refractivity (Wildman–Crippen MR) is 117 cm³/mol. The van der Waals surface area contributed by atoms with Crippen molar-refractivity contribution >= 4 is 29.0 Å². The Morgan fingerprint density at radius 3 is 2.55 bits per heavy atom. The third-order valence-electron chi connectivity index (χ3n) is 5.11. The van der Waals surface area contributed by atoms with Crippen LogP contribution in [0, 0.1) is 0 Å². The summed E-state index contributed by atoms with van der Waals surface area (Å²) in [6, 6.07) is 4.03. The molecule has 2 aromatic rings. The van der Waals surface area contributed by atoms with Gasteiger partial charge in [0.05, 0.1) is 11.2 Å². The number of hydrogen-bond acceptors (Lipinski definition) is 4. The van der Waals surface area contributed by atoms with Crippen LogP contribution in [-0.2, 0) is 33.5 Å². The van der Waals surface area contributed by atoms with Gasteiger partial charge in [0.1, 0.15) is 5.82 Å². The molecule has 0 unspecified atom stereocenters. The largest absolute Gasteiger partial charge is 0.338 e. The first-order chi connectivity index (χ1) is 13.4. The van der Waals surface area contributed by atoms with Crippen LogP contribution in [-0.4, -0.2) is 33.0 Å². The maximum atomic E-state index is 12.6. The lowest BCUT2D eigenvalue weighted by molar-refractivity contribution is -0.133. The fourth-order valence-electron chi connectivity index (χ4n) is 3.39. The molecule has 1 N–H and O–H groups in total. The second-order valence-corrected chi connectivity index (χ2v) is 10.7. The van der Waals surface area contributed by atoms with Crippen molar-refractivity contribution in [2.45, 2.75) is 78.3 Å². The monoisotopic (exact) mass is 416 g/mol. The van der Waals surface area contributed by atoms with Gasteiger partial charge in [-0.25, -0.2) is 4.68 Å². The molecule has 1 aliphatic rings. The van der Waals surface area contributed by atoms with E-state index in [1.54, 1.807) is 11.3 Å². The zero-order valence-electron chi connectivity index (χ0n) is 18.3. The number of rotatable bonds is 4. The molecule has 29 heavy (non-hydrogen) atoms. The Balaban J connectivity index is 1.61. The lowest BCUT2D eigenvalue weighted by Gasteiger charge is -2.27. The maximum Gasteiger partial charge on any atom is 0.226 e. The third-order valence-corrected chi connectivity index (χ3v) is 6.13. The Morgan fingerprint density at radius 2 is 1.90 bits per heavy atom. The summed E-state index contributed by atoms with van der Waals surface area (Å²) in [5.41, 5.74) is 1.80. The number of aromatic nitrogens is 2. The van der Waals surface area contributed by atoms with Crippen molar-refractivity contribution in [1.29, 1.82) is 0 Å². The van der Waals surface area contributed by atoms with Crippen molar-refractivity contribution in [2.24, 2.45) is 0 Å². The van der Waals surface area contributed by atoms with Crippen LogP contribution in [0.4, 0.5) is 5.82 Å². The molecule has 6 nitrogen and oxygen atoms in total. The van der Waals surface area contributed by atoms with Crippen molar-refractivity contribution < 1.29 is 9.59 Å². The molecule has 158 valence electrons. The summed E-state index contributed by atoms with van der Waals surface area (Å²) < 4.78 is 1.86. The Hall–Kier alpha value is -2.15. The summed E-state index contributed by atoms with van der Waals surface area (Å²) >= 11 is 1.76. The van der Waals surface area contributed by atoms with E-state index in [1.165, 1.54) is 10.4 Å². The fraction of sp³-hybridized carbons (Fsp3) is 0.591. The highest BCUT2D eigenvalue weighted by atomic mass is 32.1. The SMILES string of the molecule is CC(C)(C)c1cc(NC(=O)CCC(=O)N2CCc3sccc3C2)n(C(C)(C)C)n1. The Bertz CT molecular complexity index is 899. The molecule has 7 heteroatoms. The molecule has 0 saturated carbocycles. The Labute approximate surface area is 177 Å². The van der Waals surface area contributed by atoms with Gasteiger partial charge < -0.3 is 10.2 Å². The average Bonchev–Trinajstić information content (AvgIpc) is 3.24. The second-order valence-electron chi connectivity index (χ2n) is 9.73. The van der Waals surface area contributed by atoms with Gasteiger partial charge in [0.25, 0.3) is 0 Å². The van der Waals surface area contributed by atoms with Gasteiger partial charge in [0.15, 0.2) is 0 Å². The highest BCUT2D eigenvalue weighted by Gasteiger charge is 2.26. The average molecular weight is 417 g/mol. The molecule has 0 fully saturated rings. The van der Waals surface area contributed by atoms with Gasteiger partial charge >= 0.3 is 0 Å². The normalized spacial score (nSPS) is 14.6. The van der Waals surface area contributed by atoms with Crippen molar-refractivity contribution in [3.63, 3.8) is 0 Å². The molecule has 0 atom stereocenters. The summed E-state index contributed by atoms with van der Waals surface area (Å²) in [5, 5.41) is 9.77. The van der Waals surface area contributed by atoms with E-state index in [0.29, 0.717) is 12.4 Å². The van der Waals surface area contributed by atoms with Gasteiger partial charge in [-0.3, -0.25) is 9.59 Å². The fourth-order valence-corrected chi connectivity index (χ4v) is 4.28. The predicted octanol–water partition coefficient (Wildman–Crippen LogP) is 4.30. The number of nitrogens with one attached hydrogen (secondary N) is 1. The van der Waals surface area contributed by atoms with Gasteiger partial charge in [-0.15, -0.1) is 11.3 Å². The Kier molecular flexibility index (Phi) is 5.90. The van der Waals surface area contributed by atoms with E-state index < -0.39 is 0 Å². The van der Waals surface area contributed by atoms with E-state index in [1.807, 2.05) is 15.6 Å². The molecular weight excluding hydrogens is 384 g/mol. The van der Waals surface area contributed by atoms with E-state index in [0.717, 1.165) is 18.7 Å². The maximum absolute atomic E-state index is 12.6. The van der Waals surface area contributed by atoms with Crippen LogP contribution < -0.4 is 5.32 Å². The van der Waals surface area contributed by atoms with Gasteiger partial charge in [-0.2, -0.15) is 5.10 Å². The molecule has 3 heterocycles. The van der Waals surface area contributed by atoms with E-state index in [9.17, 15) is 9.59 Å². The molecule has 0 spiro atoms. The molecule has 0 aliphatic carbocycles. The van der Waals surface area contributed by atoms with Gasteiger partial charge in [0, 0.05) is 42.3 Å². The van der Waals surface area contributed by atoms with Gasteiger partial charge in [-0.1, -0.05) is 20.8 Å². The van der Waals surface area contributed by atoms with Crippen molar-refractivity contribution in [3.05, 3.63) is 33.6 Å². The number of amides is 2. The molecule has 1 aliphatic heterocycles. The van der Waals surface area contributed by atoms with Gasteiger partial charge in [0.2, 0.25) is 11.8 Å². The second kappa shape index (κ2) is 7.94. The van der Waals surface area contributed by atoms with Crippen LogP contribution >= 0.6 is 11.3 Å². The van der Waals surface area contributed by atoms with E-state index in [-0.39, 0.29) is 35.6 Å². The number of fused-ring (bicyclic) bond motifs is 1. The topological polar surface area (TPSA) is 67.2 Å². The van der Waals surface area contributed by atoms with E-state index in [2.05, 4.69) is 58.3 Å². The Morgan fingerprint density at radius 1 is 1.17 bits per heavy atom. The molecule has 0 aromatic carbocycles. The molecule has 0 saturated heterocycles. The third kappa shape index (κ3) is 5.07. The first-order valence-corrected chi connectivity index (χ1v) is 11.1. The molecule has 2 amide bonds. The lowest BCUT2D eigenvalue weighted by Crippen LogP contribution is -2.35. The van der Waals surface area contributed by atoms with Crippen LogP contribution in [0.3, 0.4) is 0 Å². The summed E-state index contributed by atoms with van der Waals surface area (Å²) in [7, 11) is 0.